The van der Waals surface area contributed by atoms with Crippen molar-refractivity contribution in [2.45, 2.75) is 25.4 Å². The van der Waals surface area contributed by atoms with Crippen molar-refractivity contribution in [2.24, 2.45) is 0 Å². The van der Waals surface area contributed by atoms with Crippen molar-refractivity contribution in [3.8, 4) is 5.75 Å². The number of hydrogen-bond donors (Lipinski definition) is 1. The van der Waals surface area contributed by atoms with Crippen molar-refractivity contribution in [1.82, 2.24) is 0 Å². The number of carbonyl (C=O) groups is 1. The van der Waals surface area contributed by atoms with Gasteiger partial charge in [-0.05, 0) is 64.6 Å². The van der Waals surface area contributed by atoms with E-state index in [1.54, 1.807) is 22.7 Å². The number of ether oxygens (including phenoxy) is 2. The molecule has 28 heavy (non-hydrogen) atoms. The Morgan fingerprint density at radius 2 is 1.68 bits per heavy atom. The van der Waals surface area contributed by atoms with Crippen LogP contribution in [0.2, 0.25) is 0 Å². The van der Waals surface area contributed by atoms with Gasteiger partial charge in [0, 0.05) is 13.5 Å². The van der Waals surface area contributed by atoms with Gasteiger partial charge >= 0.3 is 5.97 Å². The fourth-order valence-electron chi connectivity index (χ4n) is 3.33. The Balaban J connectivity index is 1.47. The number of carboxylic acids is 1. The zero-order chi connectivity index (χ0) is 19.5. The third-order valence-corrected chi connectivity index (χ3v) is 6.82. The lowest BCUT2D eigenvalue weighted by Crippen LogP contribution is -2.24. The first-order chi connectivity index (χ1) is 13.7. The van der Waals surface area contributed by atoms with E-state index >= 15 is 0 Å². The molecule has 7 heteroatoms. The highest BCUT2D eigenvalue weighted by molar-refractivity contribution is 7.16. The molecule has 1 aliphatic heterocycles. The SMILES string of the molecule is COC(Cc1ccc(OCN2c3sccc3CCc3ccsc32)cc1)C(=O)O. The van der Waals surface area contributed by atoms with Gasteiger partial charge in [0.2, 0.25) is 0 Å². The van der Waals surface area contributed by atoms with E-state index in [2.05, 4.69) is 27.8 Å². The Morgan fingerprint density at radius 3 is 2.21 bits per heavy atom. The third-order valence-electron chi connectivity index (χ3n) is 4.87. The molecule has 4 rings (SSSR count). The number of aliphatic carboxylic acids is 1. The standard InChI is InChI=1S/C21H21NO4S2/c1-25-18(21(23)24)12-14-2-6-17(7-3-14)26-13-22-19-15(8-10-27-19)4-5-16-9-11-28-20(16)22/h2-3,6-11,18H,4-5,12-13H2,1H3,(H,23,24). The second-order valence-corrected chi connectivity index (χ2v) is 8.40. The number of aryl methyl sites for hydroxylation is 2. The first kappa shape index (κ1) is 19.0. The van der Waals surface area contributed by atoms with Crippen molar-refractivity contribution >= 4 is 38.6 Å². The lowest BCUT2D eigenvalue weighted by molar-refractivity contribution is -0.148. The summed E-state index contributed by atoms with van der Waals surface area (Å²) in [7, 11) is 1.41. The molecule has 0 saturated carbocycles. The number of fused-ring (bicyclic) bond motifs is 2. The molecule has 146 valence electrons. The maximum atomic E-state index is 11.1. The van der Waals surface area contributed by atoms with Gasteiger partial charge in [0.15, 0.2) is 12.8 Å². The van der Waals surface area contributed by atoms with Crippen molar-refractivity contribution in [2.75, 3.05) is 18.7 Å². The highest BCUT2D eigenvalue weighted by atomic mass is 32.1. The Kier molecular flexibility index (Phi) is 5.66. The zero-order valence-electron chi connectivity index (χ0n) is 15.5. The van der Waals surface area contributed by atoms with Gasteiger partial charge in [0.1, 0.15) is 15.8 Å². The summed E-state index contributed by atoms with van der Waals surface area (Å²) in [5.74, 6) is -0.198. The molecule has 0 saturated heterocycles. The van der Waals surface area contributed by atoms with Gasteiger partial charge in [-0.1, -0.05) is 12.1 Å². The van der Waals surface area contributed by atoms with Gasteiger partial charge in [-0.3, -0.25) is 4.90 Å². The number of hydrogen-bond acceptors (Lipinski definition) is 6. The van der Waals surface area contributed by atoms with E-state index in [-0.39, 0.29) is 0 Å². The molecule has 3 heterocycles. The van der Waals surface area contributed by atoms with Gasteiger partial charge in [-0.25, -0.2) is 4.79 Å². The second-order valence-electron chi connectivity index (χ2n) is 6.61. The molecule has 5 nitrogen and oxygen atoms in total. The molecule has 0 fully saturated rings. The number of benzene rings is 1. The Bertz CT molecular complexity index is 905. The number of nitrogens with zero attached hydrogens (tertiary/aromatic N) is 1. The minimum atomic E-state index is -0.956. The van der Waals surface area contributed by atoms with Crippen LogP contribution in [0, 0.1) is 0 Å². The molecule has 0 spiro atoms. The average molecular weight is 416 g/mol. The number of thiophene rings is 2. The van der Waals surface area contributed by atoms with Crippen molar-refractivity contribution in [1.29, 1.82) is 0 Å². The molecular formula is C21H21NO4S2. The molecule has 3 aromatic rings. The molecule has 1 unspecified atom stereocenters. The summed E-state index contributed by atoms with van der Waals surface area (Å²) in [4.78, 5) is 13.4. The summed E-state index contributed by atoms with van der Waals surface area (Å²) in [5, 5.41) is 15.9. The lowest BCUT2D eigenvalue weighted by atomic mass is 10.1. The number of carboxylic acid groups (broad SMARTS) is 1. The summed E-state index contributed by atoms with van der Waals surface area (Å²) < 4.78 is 11.1. The highest BCUT2D eigenvalue weighted by Crippen LogP contribution is 2.42. The van der Waals surface area contributed by atoms with E-state index in [0.29, 0.717) is 13.2 Å². The lowest BCUT2D eigenvalue weighted by Gasteiger charge is -2.23. The van der Waals surface area contributed by atoms with Crippen LogP contribution in [-0.4, -0.2) is 31.0 Å². The van der Waals surface area contributed by atoms with Crippen LogP contribution in [0.1, 0.15) is 16.7 Å². The smallest absolute Gasteiger partial charge is 0.333 e. The number of anilines is 2. The quantitative estimate of drug-likeness (QED) is 0.605. The predicted molar refractivity (Wildman–Crippen MR) is 112 cm³/mol. The maximum absolute atomic E-state index is 11.1. The molecule has 1 N–H and O–H groups in total. The van der Waals surface area contributed by atoms with E-state index in [1.165, 1.54) is 28.2 Å². The van der Waals surface area contributed by atoms with Crippen LogP contribution in [0.5, 0.6) is 5.75 Å². The minimum Gasteiger partial charge on any atom is -0.479 e. The molecule has 2 aromatic heterocycles. The highest BCUT2D eigenvalue weighted by Gasteiger charge is 2.23. The Morgan fingerprint density at radius 1 is 1.07 bits per heavy atom. The Labute approximate surface area is 171 Å². The zero-order valence-corrected chi connectivity index (χ0v) is 17.1. The van der Waals surface area contributed by atoms with Crippen molar-refractivity contribution in [3.63, 3.8) is 0 Å². The van der Waals surface area contributed by atoms with Crippen molar-refractivity contribution in [3.05, 3.63) is 63.8 Å². The van der Waals surface area contributed by atoms with E-state index in [0.717, 1.165) is 24.2 Å². The molecule has 0 radical (unpaired) electrons. The minimum absolute atomic E-state index is 0.329. The molecule has 0 bridgehead atoms. The fraction of sp³-hybridized carbons (Fsp3) is 0.286. The summed E-state index contributed by atoms with van der Waals surface area (Å²) >= 11 is 3.49. The van der Waals surface area contributed by atoms with E-state index in [4.69, 9.17) is 14.6 Å². The second kappa shape index (κ2) is 8.34. The van der Waals surface area contributed by atoms with Gasteiger partial charge < -0.3 is 14.6 Å². The van der Waals surface area contributed by atoms with E-state index in [9.17, 15) is 4.79 Å². The number of rotatable bonds is 7. The first-order valence-electron chi connectivity index (χ1n) is 9.03. The maximum Gasteiger partial charge on any atom is 0.333 e. The third kappa shape index (κ3) is 3.92. The van der Waals surface area contributed by atoms with Crippen LogP contribution < -0.4 is 9.64 Å². The molecule has 1 atom stereocenters. The largest absolute Gasteiger partial charge is 0.479 e. The van der Waals surface area contributed by atoms with E-state index in [1.807, 2.05) is 24.3 Å². The summed E-state index contributed by atoms with van der Waals surface area (Å²) in [6, 6.07) is 11.9. The van der Waals surface area contributed by atoms with Crippen LogP contribution in [0.25, 0.3) is 0 Å². The fourth-order valence-corrected chi connectivity index (χ4v) is 5.30. The molecular weight excluding hydrogens is 394 g/mol. The monoisotopic (exact) mass is 415 g/mol. The summed E-state index contributed by atoms with van der Waals surface area (Å²) in [6.45, 7) is 0.441. The summed E-state index contributed by atoms with van der Waals surface area (Å²) in [6.07, 6.45) is 1.60. The van der Waals surface area contributed by atoms with Gasteiger partial charge in [-0.15, -0.1) is 22.7 Å². The van der Waals surface area contributed by atoms with Crippen molar-refractivity contribution < 1.29 is 19.4 Å². The normalized spacial score (nSPS) is 14.1. The van der Waals surface area contributed by atoms with E-state index < -0.39 is 12.1 Å². The number of methoxy groups -OCH3 is 1. The molecule has 0 aliphatic carbocycles. The Hall–Kier alpha value is -2.35. The molecule has 1 aliphatic rings. The van der Waals surface area contributed by atoms with Crippen LogP contribution in [0.15, 0.2) is 47.2 Å². The van der Waals surface area contributed by atoms with Gasteiger partial charge in [0.25, 0.3) is 0 Å². The van der Waals surface area contributed by atoms with Crippen LogP contribution in [0.3, 0.4) is 0 Å². The van der Waals surface area contributed by atoms with Crippen LogP contribution in [-0.2, 0) is 28.8 Å². The molecule has 0 amide bonds. The summed E-state index contributed by atoms with van der Waals surface area (Å²) in [5.41, 5.74) is 3.63. The van der Waals surface area contributed by atoms with Crippen LogP contribution >= 0.6 is 22.7 Å². The van der Waals surface area contributed by atoms with Gasteiger partial charge in [-0.2, -0.15) is 0 Å². The molecule has 1 aromatic carbocycles. The predicted octanol–water partition coefficient (Wildman–Crippen LogP) is 4.72. The van der Waals surface area contributed by atoms with Gasteiger partial charge in [0.05, 0.1) is 0 Å². The average Bonchev–Trinajstić information content (AvgIpc) is 3.33. The first-order valence-corrected chi connectivity index (χ1v) is 10.8. The topological polar surface area (TPSA) is 59.0 Å². The van der Waals surface area contributed by atoms with Crippen LogP contribution in [0.4, 0.5) is 10.0 Å².